The van der Waals surface area contributed by atoms with Gasteiger partial charge in [-0.1, -0.05) is 24.3 Å². The normalized spacial score (nSPS) is 20.2. The molecule has 26 heavy (non-hydrogen) atoms. The number of carbonyl (C=O) groups excluding carboxylic acids is 1. The number of aliphatic hydroxyl groups excluding tert-OH is 1. The van der Waals surface area contributed by atoms with Gasteiger partial charge in [0, 0.05) is 24.6 Å². The van der Waals surface area contributed by atoms with Crippen molar-refractivity contribution in [1.29, 1.82) is 0 Å². The molecule has 1 aliphatic carbocycles. The molecule has 4 rings (SSSR count). The number of amides is 1. The van der Waals surface area contributed by atoms with E-state index in [0.717, 1.165) is 22.3 Å². The van der Waals surface area contributed by atoms with Crippen LogP contribution in [0.3, 0.4) is 0 Å². The van der Waals surface area contributed by atoms with Crippen molar-refractivity contribution in [2.45, 2.75) is 25.5 Å². The Bertz CT molecular complexity index is 908. The molecule has 0 bridgehead atoms. The molecule has 136 valence electrons. The molecular weight excluding hydrogens is 334 g/mol. The van der Waals surface area contributed by atoms with Crippen molar-refractivity contribution in [3.63, 3.8) is 0 Å². The van der Waals surface area contributed by atoms with Crippen LogP contribution in [0.25, 0.3) is 11.1 Å². The monoisotopic (exact) mass is 355 g/mol. The third-order valence-electron chi connectivity index (χ3n) is 5.42. The van der Waals surface area contributed by atoms with Crippen LogP contribution in [-0.2, 0) is 11.2 Å². The van der Waals surface area contributed by atoms with Crippen LogP contribution in [0.2, 0.25) is 0 Å². The lowest BCUT2D eigenvalue weighted by molar-refractivity contribution is -0.134. The molecule has 2 N–H and O–H groups in total. The molecule has 6 heteroatoms. The summed E-state index contributed by atoms with van der Waals surface area (Å²) in [6.07, 6.45) is -0.325. The molecule has 0 radical (unpaired) electrons. The number of rotatable bonds is 2. The predicted molar refractivity (Wildman–Crippen MR) is 95.4 cm³/mol. The van der Waals surface area contributed by atoms with Gasteiger partial charge in [-0.25, -0.2) is 0 Å². The lowest BCUT2D eigenvalue weighted by atomic mass is 9.74. The fraction of sp³-hybridized carbons (Fsp3) is 0.350. The van der Waals surface area contributed by atoms with Gasteiger partial charge in [-0.2, -0.15) is 0 Å². The number of fused-ring (bicyclic) bond motifs is 2. The summed E-state index contributed by atoms with van der Waals surface area (Å²) in [5, 5.41) is 21.8. The summed E-state index contributed by atoms with van der Waals surface area (Å²) in [4.78, 5) is 13.9. The highest BCUT2D eigenvalue weighted by Crippen LogP contribution is 2.58. The molecule has 1 heterocycles. The largest absolute Gasteiger partial charge is 0.502 e. The molecular formula is C20H21NO5. The summed E-state index contributed by atoms with van der Waals surface area (Å²) < 4.78 is 11.0. The third kappa shape index (κ3) is 2.05. The van der Waals surface area contributed by atoms with Crippen molar-refractivity contribution >= 4 is 5.91 Å². The van der Waals surface area contributed by atoms with Crippen molar-refractivity contribution in [3.8, 4) is 28.4 Å². The molecule has 0 unspecified atom stereocenters. The van der Waals surface area contributed by atoms with Crippen LogP contribution in [0.1, 0.15) is 35.8 Å². The molecule has 2 aliphatic rings. The minimum atomic E-state index is -0.861. The zero-order valence-electron chi connectivity index (χ0n) is 14.9. The summed E-state index contributed by atoms with van der Waals surface area (Å²) in [7, 11) is 2.99. The number of aliphatic hydroxyl groups is 1. The first-order valence-electron chi connectivity index (χ1n) is 8.55. The van der Waals surface area contributed by atoms with Gasteiger partial charge in [-0.05, 0) is 23.1 Å². The second-order valence-electron chi connectivity index (χ2n) is 6.62. The summed E-state index contributed by atoms with van der Waals surface area (Å²) in [5.74, 6) is 0.497. The highest BCUT2D eigenvalue weighted by Gasteiger charge is 2.44. The number of nitrogens with zero attached hydrogens (tertiary/aromatic N) is 1. The van der Waals surface area contributed by atoms with Crippen LogP contribution >= 0.6 is 0 Å². The molecule has 0 fully saturated rings. The Hall–Kier alpha value is -2.73. The Kier molecular flexibility index (Phi) is 3.80. The highest BCUT2D eigenvalue weighted by molar-refractivity contribution is 5.87. The van der Waals surface area contributed by atoms with Crippen LogP contribution in [-0.4, -0.2) is 41.8 Å². The van der Waals surface area contributed by atoms with Gasteiger partial charge in [-0.15, -0.1) is 0 Å². The molecule has 0 saturated heterocycles. The van der Waals surface area contributed by atoms with Crippen LogP contribution in [0, 0.1) is 0 Å². The lowest BCUT2D eigenvalue weighted by Crippen LogP contribution is -2.43. The number of phenolic OH excluding ortho intramolecular Hbond substituents is 1. The number of carbonyl (C=O) groups is 1. The molecule has 2 aromatic carbocycles. The summed E-state index contributed by atoms with van der Waals surface area (Å²) in [5.41, 5.74) is 3.85. The van der Waals surface area contributed by atoms with Crippen molar-refractivity contribution in [1.82, 2.24) is 4.90 Å². The van der Waals surface area contributed by atoms with E-state index in [1.54, 1.807) is 4.90 Å². The Morgan fingerprint density at radius 1 is 1.19 bits per heavy atom. The fourth-order valence-electron chi connectivity index (χ4n) is 4.38. The third-order valence-corrected chi connectivity index (χ3v) is 5.42. The van der Waals surface area contributed by atoms with Gasteiger partial charge in [0.1, 0.15) is 6.10 Å². The maximum Gasteiger partial charge on any atom is 0.220 e. The molecule has 0 aromatic heterocycles. The van der Waals surface area contributed by atoms with Gasteiger partial charge in [0.15, 0.2) is 11.5 Å². The average Bonchev–Trinajstić information content (AvgIpc) is 2.65. The Labute approximate surface area is 151 Å². The molecule has 1 amide bonds. The maximum atomic E-state index is 12.2. The van der Waals surface area contributed by atoms with Crippen LogP contribution in [0.5, 0.6) is 17.2 Å². The van der Waals surface area contributed by atoms with E-state index in [1.165, 1.54) is 21.1 Å². The van der Waals surface area contributed by atoms with E-state index in [9.17, 15) is 15.0 Å². The first-order valence-corrected chi connectivity index (χ1v) is 8.55. The second-order valence-corrected chi connectivity index (χ2v) is 6.62. The first kappa shape index (κ1) is 16.7. The minimum Gasteiger partial charge on any atom is -0.502 e. The standard InChI is InChI=1S/C20H21NO5/c1-10(22)21-9-8-13-14-15(20(26-3)18(24)19(13)25-2)11-6-4-5-7-12(11)17(23)16(14)21/h4-7,16-17,23-24H,8-9H2,1-3H3/t16-,17-/m0/s1. The van der Waals surface area contributed by atoms with E-state index in [2.05, 4.69) is 0 Å². The highest BCUT2D eigenvalue weighted by atomic mass is 16.5. The van der Waals surface area contributed by atoms with E-state index in [-0.39, 0.29) is 11.7 Å². The Balaban J connectivity index is 2.14. The molecule has 2 atom stereocenters. The zero-order valence-corrected chi connectivity index (χ0v) is 14.9. The van der Waals surface area contributed by atoms with Crippen LogP contribution < -0.4 is 9.47 Å². The van der Waals surface area contributed by atoms with Crippen LogP contribution in [0.15, 0.2) is 24.3 Å². The predicted octanol–water partition coefficient (Wildman–Crippen LogP) is 2.57. The molecule has 2 aromatic rings. The summed E-state index contributed by atoms with van der Waals surface area (Å²) in [6, 6.07) is 6.93. The van der Waals surface area contributed by atoms with E-state index >= 15 is 0 Å². The van der Waals surface area contributed by atoms with Crippen LogP contribution in [0.4, 0.5) is 0 Å². The first-order chi connectivity index (χ1) is 12.5. The molecule has 0 spiro atoms. The van der Waals surface area contributed by atoms with E-state index in [4.69, 9.17) is 9.47 Å². The van der Waals surface area contributed by atoms with Gasteiger partial charge >= 0.3 is 0 Å². The topological polar surface area (TPSA) is 79.2 Å². The number of hydrogen-bond acceptors (Lipinski definition) is 5. The quantitative estimate of drug-likeness (QED) is 0.866. The van der Waals surface area contributed by atoms with E-state index in [1.807, 2.05) is 24.3 Å². The lowest BCUT2D eigenvalue weighted by Gasteiger charge is -2.44. The van der Waals surface area contributed by atoms with Gasteiger partial charge in [-0.3, -0.25) is 4.79 Å². The number of ether oxygens (including phenoxy) is 2. The number of benzene rings is 2. The van der Waals surface area contributed by atoms with Crippen molar-refractivity contribution < 1.29 is 24.5 Å². The number of methoxy groups -OCH3 is 2. The van der Waals surface area contributed by atoms with Crippen molar-refractivity contribution in [3.05, 3.63) is 41.0 Å². The Morgan fingerprint density at radius 2 is 1.88 bits per heavy atom. The van der Waals surface area contributed by atoms with Gasteiger partial charge in [0.05, 0.1) is 20.3 Å². The van der Waals surface area contributed by atoms with E-state index < -0.39 is 12.1 Å². The SMILES string of the molecule is COc1c(O)c(OC)c2c3c1CCN(C(C)=O)[C@@H]3[C@@H](O)c1ccccc1-2. The smallest absolute Gasteiger partial charge is 0.220 e. The summed E-state index contributed by atoms with van der Waals surface area (Å²) in [6.45, 7) is 1.96. The molecule has 1 aliphatic heterocycles. The van der Waals surface area contributed by atoms with Gasteiger partial charge < -0.3 is 24.6 Å². The fourth-order valence-corrected chi connectivity index (χ4v) is 4.38. The van der Waals surface area contributed by atoms with Gasteiger partial charge in [0.2, 0.25) is 11.7 Å². The number of phenols is 1. The van der Waals surface area contributed by atoms with E-state index in [0.29, 0.717) is 30.0 Å². The second kappa shape index (κ2) is 5.92. The maximum absolute atomic E-state index is 12.2. The minimum absolute atomic E-state index is 0.0510. The van der Waals surface area contributed by atoms with Gasteiger partial charge in [0.25, 0.3) is 0 Å². The van der Waals surface area contributed by atoms with Crippen molar-refractivity contribution in [2.75, 3.05) is 20.8 Å². The average molecular weight is 355 g/mol. The number of hydrogen-bond donors (Lipinski definition) is 2. The number of aromatic hydroxyl groups is 1. The van der Waals surface area contributed by atoms with Crippen molar-refractivity contribution in [2.24, 2.45) is 0 Å². The Morgan fingerprint density at radius 3 is 2.54 bits per heavy atom. The summed E-state index contributed by atoms with van der Waals surface area (Å²) >= 11 is 0. The molecule has 6 nitrogen and oxygen atoms in total. The molecule has 0 saturated carbocycles. The zero-order chi connectivity index (χ0) is 18.6.